The van der Waals surface area contributed by atoms with Crippen LogP contribution in [0, 0.1) is 0 Å². The summed E-state index contributed by atoms with van der Waals surface area (Å²) in [6, 6.07) is 0.118. The predicted molar refractivity (Wildman–Crippen MR) is 64.1 cm³/mol. The van der Waals surface area contributed by atoms with E-state index in [-0.39, 0.29) is 24.2 Å². The van der Waals surface area contributed by atoms with Crippen LogP contribution in [0.15, 0.2) is 6.20 Å². The van der Waals surface area contributed by atoms with Crippen molar-refractivity contribution in [3.8, 4) is 0 Å². The molecule has 1 N–H and O–H groups in total. The summed E-state index contributed by atoms with van der Waals surface area (Å²) in [5.41, 5.74) is 0.179. The molecule has 1 aromatic heterocycles. The van der Waals surface area contributed by atoms with Crippen molar-refractivity contribution < 1.29 is 14.7 Å². The monoisotopic (exact) mass is 254 g/mol. The van der Waals surface area contributed by atoms with E-state index < -0.39 is 5.97 Å². The molecule has 0 aliphatic rings. The van der Waals surface area contributed by atoms with Crippen molar-refractivity contribution in [2.24, 2.45) is 0 Å². The molecule has 1 aromatic rings. The molecular weight excluding hydrogens is 236 g/mol. The van der Waals surface area contributed by atoms with Gasteiger partial charge in [0.05, 0.1) is 6.20 Å². The molecule has 7 heteroatoms. The maximum absolute atomic E-state index is 12.1. The van der Waals surface area contributed by atoms with Crippen LogP contribution in [0.3, 0.4) is 0 Å². The molecule has 0 aromatic carbocycles. The van der Waals surface area contributed by atoms with Gasteiger partial charge in [0, 0.05) is 12.6 Å². The molecule has 1 atom stereocenters. The van der Waals surface area contributed by atoms with Crippen LogP contribution in [0.1, 0.15) is 37.7 Å². The second-order valence-corrected chi connectivity index (χ2v) is 4.04. The highest BCUT2D eigenvalue weighted by Gasteiger charge is 2.21. The molecular formula is C11H18N4O3. The minimum Gasteiger partial charge on any atom is -0.480 e. The lowest BCUT2D eigenvalue weighted by atomic mass is 10.2. The molecule has 0 aliphatic carbocycles. The van der Waals surface area contributed by atoms with Crippen molar-refractivity contribution in [2.75, 3.05) is 6.54 Å². The number of rotatable bonds is 6. The van der Waals surface area contributed by atoms with Gasteiger partial charge < -0.3 is 10.0 Å². The van der Waals surface area contributed by atoms with Crippen LogP contribution in [0.2, 0.25) is 0 Å². The van der Waals surface area contributed by atoms with Gasteiger partial charge in [-0.25, -0.2) is 4.68 Å². The standard InChI is InChI=1S/C11H18N4O3/c1-4-8(3)15(5-2)11(18)9-6-14(13-12-9)7-10(16)17/h6,8H,4-5,7H2,1-3H3,(H,16,17). The van der Waals surface area contributed by atoms with E-state index in [2.05, 4.69) is 10.3 Å². The Kier molecular flexibility index (Phi) is 4.82. The van der Waals surface area contributed by atoms with E-state index in [1.54, 1.807) is 4.90 Å². The molecule has 7 nitrogen and oxygen atoms in total. The zero-order valence-corrected chi connectivity index (χ0v) is 10.8. The highest BCUT2D eigenvalue weighted by molar-refractivity contribution is 5.92. The fourth-order valence-corrected chi connectivity index (χ4v) is 1.64. The van der Waals surface area contributed by atoms with E-state index in [1.807, 2.05) is 20.8 Å². The van der Waals surface area contributed by atoms with Gasteiger partial charge in [0.2, 0.25) is 0 Å². The largest absolute Gasteiger partial charge is 0.480 e. The quantitative estimate of drug-likeness (QED) is 0.804. The van der Waals surface area contributed by atoms with Crippen molar-refractivity contribution in [2.45, 2.75) is 39.8 Å². The summed E-state index contributed by atoms with van der Waals surface area (Å²) in [5.74, 6) is -1.24. The number of nitrogens with zero attached hydrogens (tertiary/aromatic N) is 4. The number of amides is 1. The highest BCUT2D eigenvalue weighted by atomic mass is 16.4. The second-order valence-electron chi connectivity index (χ2n) is 4.04. The molecule has 0 saturated carbocycles. The van der Waals surface area contributed by atoms with Crippen molar-refractivity contribution >= 4 is 11.9 Å². The van der Waals surface area contributed by atoms with Gasteiger partial charge in [-0.2, -0.15) is 0 Å². The van der Waals surface area contributed by atoms with Gasteiger partial charge in [0.25, 0.3) is 5.91 Å². The Morgan fingerprint density at radius 1 is 1.50 bits per heavy atom. The highest BCUT2D eigenvalue weighted by Crippen LogP contribution is 2.08. The molecule has 0 radical (unpaired) electrons. The lowest BCUT2D eigenvalue weighted by Crippen LogP contribution is -2.38. The Bertz CT molecular complexity index is 430. The van der Waals surface area contributed by atoms with Crippen LogP contribution < -0.4 is 0 Å². The first-order valence-electron chi connectivity index (χ1n) is 5.92. The summed E-state index contributed by atoms with van der Waals surface area (Å²) in [5, 5.41) is 15.9. The lowest BCUT2D eigenvalue weighted by molar-refractivity contribution is -0.137. The molecule has 0 bridgehead atoms. The number of carbonyl (C=O) groups is 2. The Morgan fingerprint density at radius 2 is 2.17 bits per heavy atom. The third kappa shape index (κ3) is 3.28. The summed E-state index contributed by atoms with van der Waals surface area (Å²) >= 11 is 0. The smallest absolute Gasteiger partial charge is 0.325 e. The van der Waals surface area contributed by atoms with Gasteiger partial charge in [0.1, 0.15) is 6.54 Å². The van der Waals surface area contributed by atoms with Crippen LogP contribution in [0.4, 0.5) is 0 Å². The summed E-state index contributed by atoms with van der Waals surface area (Å²) in [4.78, 5) is 24.3. The van der Waals surface area contributed by atoms with E-state index in [0.29, 0.717) is 6.54 Å². The summed E-state index contributed by atoms with van der Waals surface area (Å²) in [6.07, 6.45) is 2.21. The molecule has 1 unspecified atom stereocenters. The third-order valence-electron chi connectivity index (χ3n) is 2.78. The van der Waals surface area contributed by atoms with E-state index in [4.69, 9.17) is 5.11 Å². The Hall–Kier alpha value is -1.92. The molecule has 0 saturated heterocycles. The fourth-order valence-electron chi connectivity index (χ4n) is 1.64. The summed E-state index contributed by atoms with van der Waals surface area (Å²) in [7, 11) is 0. The average Bonchev–Trinajstić information content (AvgIpc) is 2.77. The van der Waals surface area contributed by atoms with Crippen LogP contribution in [-0.2, 0) is 11.3 Å². The van der Waals surface area contributed by atoms with Crippen LogP contribution >= 0.6 is 0 Å². The Labute approximate surface area is 105 Å². The van der Waals surface area contributed by atoms with Crippen LogP contribution in [0.5, 0.6) is 0 Å². The molecule has 1 rings (SSSR count). The summed E-state index contributed by atoms with van der Waals surface area (Å²) < 4.78 is 1.14. The normalized spacial score (nSPS) is 12.2. The lowest BCUT2D eigenvalue weighted by Gasteiger charge is -2.26. The van der Waals surface area contributed by atoms with Gasteiger partial charge >= 0.3 is 5.97 Å². The average molecular weight is 254 g/mol. The number of aliphatic carboxylic acids is 1. The maximum atomic E-state index is 12.1. The topological polar surface area (TPSA) is 88.3 Å². The van der Waals surface area contributed by atoms with Crippen molar-refractivity contribution in [1.82, 2.24) is 19.9 Å². The Balaban J connectivity index is 2.82. The van der Waals surface area contributed by atoms with Crippen molar-refractivity contribution in [1.29, 1.82) is 0 Å². The van der Waals surface area contributed by atoms with E-state index in [9.17, 15) is 9.59 Å². The van der Waals surface area contributed by atoms with E-state index in [0.717, 1.165) is 11.1 Å². The number of carboxylic acids is 1. The number of carbonyl (C=O) groups excluding carboxylic acids is 1. The fraction of sp³-hybridized carbons (Fsp3) is 0.636. The van der Waals surface area contributed by atoms with Gasteiger partial charge in [-0.3, -0.25) is 9.59 Å². The van der Waals surface area contributed by atoms with E-state index >= 15 is 0 Å². The number of hydrogen-bond acceptors (Lipinski definition) is 4. The third-order valence-corrected chi connectivity index (χ3v) is 2.78. The van der Waals surface area contributed by atoms with Gasteiger partial charge in [-0.1, -0.05) is 12.1 Å². The van der Waals surface area contributed by atoms with Crippen LogP contribution in [-0.4, -0.2) is 49.5 Å². The minimum atomic E-state index is -1.02. The van der Waals surface area contributed by atoms with Gasteiger partial charge in [-0.05, 0) is 20.3 Å². The predicted octanol–water partition coefficient (Wildman–Crippen LogP) is 0.623. The van der Waals surface area contributed by atoms with Crippen LogP contribution in [0.25, 0.3) is 0 Å². The maximum Gasteiger partial charge on any atom is 0.325 e. The first-order valence-corrected chi connectivity index (χ1v) is 5.92. The number of carboxylic acid groups (broad SMARTS) is 1. The van der Waals surface area contributed by atoms with Crippen molar-refractivity contribution in [3.05, 3.63) is 11.9 Å². The molecule has 1 heterocycles. The zero-order chi connectivity index (χ0) is 13.7. The molecule has 1 amide bonds. The Morgan fingerprint density at radius 3 is 2.67 bits per heavy atom. The van der Waals surface area contributed by atoms with E-state index in [1.165, 1.54) is 6.20 Å². The second kappa shape index (κ2) is 6.13. The molecule has 0 spiro atoms. The molecule has 0 fully saturated rings. The summed E-state index contributed by atoms with van der Waals surface area (Å²) in [6.45, 7) is 6.14. The van der Waals surface area contributed by atoms with Gasteiger partial charge in [0.15, 0.2) is 5.69 Å². The van der Waals surface area contributed by atoms with Gasteiger partial charge in [-0.15, -0.1) is 5.10 Å². The SMILES string of the molecule is CCC(C)N(CC)C(=O)c1cn(CC(=O)O)nn1. The number of hydrogen-bond donors (Lipinski definition) is 1. The first-order chi connectivity index (χ1) is 8.49. The first kappa shape index (κ1) is 14.1. The number of aromatic nitrogens is 3. The minimum absolute atomic E-state index is 0.118. The zero-order valence-electron chi connectivity index (χ0n) is 10.8. The molecule has 18 heavy (non-hydrogen) atoms. The molecule has 100 valence electrons. The van der Waals surface area contributed by atoms with Crippen molar-refractivity contribution in [3.63, 3.8) is 0 Å². The molecule has 0 aliphatic heterocycles.